The molecule has 0 amide bonds. The molecule has 1 aliphatic rings. The van der Waals surface area contributed by atoms with Gasteiger partial charge >= 0.3 is 0 Å². The second kappa shape index (κ2) is 4.89. The Bertz CT molecular complexity index is 507. The molecule has 0 bridgehead atoms. The van der Waals surface area contributed by atoms with Crippen molar-refractivity contribution >= 4 is 0 Å². The minimum absolute atomic E-state index is 0.00859. The van der Waals surface area contributed by atoms with Gasteiger partial charge in [0.1, 0.15) is 0 Å². The molecule has 1 fully saturated rings. The molecule has 4 N–H and O–H groups in total. The Morgan fingerprint density at radius 3 is 2.78 bits per heavy atom. The summed E-state index contributed by atoms with van der Waals surface area (Å²) in [4.78, 5) is 0. The molecule has 18 heavy (non-hydrogen) atoms. The van der Waals surface area contributed by atoms with Crippen molar-refractivity contribution in [3.63, 3.8) is 0 Å². The monoisotopic (exact) mass is 243 g/mol. The van der Waals surface area contributed by atoms with Crippen molar-refractivity contribution in [3.05, 3.63) is 53.9 Å². The standard InChI is InChI=1S/C13H17N5/c14-13-8-12(15-16-13)11-6-7-18(17-11)9-10-4-2-1-3-5-10/h1-7,12-13,15-16H,8-9,14H2. The predicted octanol–water partition coefficient (Wildman–Crippen LogP) is 0.755. The largest absolute Gasteiger partial charge is 0.315 e. The van der Waals surface area contributed by atoms with E-state index in [1.165, 1.54) is 5.56 Å². The Morgan fingerprint density at radius 1 is 1.22 bits per heavy atom. The van der Waals surface area contributed by atoms with Crippen LogP contribution in [-0.4, -0.2) is 15.9 Å². The molecule has 0 aliphatic carbocycles. The lowest BCUT2D eigenvalue weighted by Gasteiger charge is -2.05. The summed E-state index contributed by atoms with van der Waals surface area (Å²) in [5.41, 5.74) is 14.2. The van der Waals surface area contributed by atoms with Gasteiger partial charge in [-0.15, -0.1) is 0 Å². The fourth-order valence-corrected chi connectivity index (χ4v) is 2.20. The lowest BCUT2D eigenvalue weighted by Crippen LogP contribution is -2.36. The first-order chi connectivity index (χ1) is 8.81. The summed E-state index contributed by atoms with van der Waals surface area (Å²) in [5, 5.41) is 4.58. The molecule has 0 radical (unpaired) electrons. The van der Waals surface area contributed by atoms with E-state index in [9.17, 15) is 0 Å². The van der Waals surface area contributed by atoms with E-state index in [0.717, 1.165) is 18.7 Å². The van der Waals surface area contributed by atoms with Crippen LogP contribution in [0.4, 0.5) is 0 Å². The molecule has 3 rings (SSSR count). The van der Waals surface area contributed by atoms with Crippen LogP contribution in [0.25, 0.3) is 0 Å². The van der Waals surface area contributed by atoms with Gasteiger partial charge in [0, 0.05) is 6.20 Å². The SMILES string of the molecule is NC1CC(c2ccn(Cc3ccccc3)n2)NN1. The van der Waals surface area contributed by atoms with Crippen LogP contribution in [0.2, 0.25) is 0 Å². The highest BCUT2D eigenvalue weighted by atomic mass is 15.5. The van der Waals surface area contributed by atoms with E-state index in [-0.39, 0.29) is 12.2 Å². The van der Waals surface area contributed by atoms with Gasteiger partial charge in [0.05, 0.1) is 24.4 Å². The Kier molecular flexibility index (Phi) is 3.10. The third-order valence-corrected chi connectivity index (χ3v) is 3.14. The van der Waals surface area contributed by atoms with Crippen molar-refractivity contribution in [3.8, 4) is 0 Å². The number of hydrogen-bond acceptors (Lipinski definition) is 4. The van der Waals surface area contributed by atoms with Gasteiger partial charge in [0.2, 0.25) is 0 Å². The topological polar surface area (TPSA) is 67.9 Å². The van der Waals surface area contributed by atoms with Crippen molar-refractivity contribution < 1.29 is 0 Å². The number of benzene rings is 1. The number of nitrogens with zero attached hydrogens (tertiary/aromatic N) is 2. The van der Waals surface area contributed by atoms with Crippen LogP contribution in [0.15, 0.2) is 42.6 Å². The average Bonchev–Trinajstić information content (AvgIpc) is 2.99. The van der Waals surface area contributed by atoms with E-state index in [4.69, 9.17) is 5.73 Å². The van der Waals surface area contributed by atoms with Gasteiger partial charge in [0.15, 0.2) is 0 Å². The number of rotatable bonds is 3. The molecule has 0 spiro atoms. The third-order valence-electron chi connectivity index (χ3n) is 3.14. The summed E-state index contributed by atoms with van der Waals surface area (Å²) in [5.74, 6) is 0. The van der Waals surface area contributed by atoms with Crippen LogP contribution in [-0.2, 0) is 6.54 Å². The quantitative estimate of drug-likeness (QED) is 0.744. The van der Waals surface area contributed by atoms with Crippen LogP contribution in [0.5, 0.6) is 0 Å². The van der Waals surface area contributed by atoms with Crippen molar-refractivity contribution in [2.24, 2.45) is 5.73 Å². The molecule has 2 aromatic rings. The maximum absolute atomic E-state index is 5.78. The molecule has 2 unspecified atom stereocenters. The van der Waals surface area contributed by atoms with E-state index in [1.54, 1.807) is 0 Å². The van der Waals surface area contributed by atoms with E-state index >= 15 is 0 Å². The highest BCUT2D eigenvalue weighted by Gasteiger charge is 2.23. The molecular formula is C13H17N5. The van der Waals surface area contributed by atoms with Gasteiger partial charge in [-0.05, 0) is 18.1 Å². The van der Waals surface area contributed by atoms with E-state index < -0.39 is 0 Å². The first kappa shape index (κ1) is 11.4. The van der Waals surface area contributed by atoms with Gasteiger partial charge in [-0.2, -0.15) is 5.10 Å². The second-order valence-corrected chi connectivity index (χ2v) is 4.61. The molecular weight excluding hydrogens is 226 g/mol. The van der Waals surface area contributed by atoms with Gasteiger partial charge in [-0.25, -0.2) is 10.9 Å². The first-order valence-corrected chi connectivity index (χ1v) is 6.15. The van der Waals surface area contributed by atoms with Crippen LogP contribution < -0.4 is 16.6 Å². The number of hydrogen-bond donors (Lipinski definition) is 3. The Morgan fingerprint density at radius 2 is 2.06 bits per heavy atom. The molecule has 94 valence electrons. The molecule has 1 saturated heterocycles. The molecule has 5 heteroatoms. The van der Waals surface area contributed by atoms with Crippen LogP contribution >= 0.6 is 0 Å². The Labute approximate surface area is 106 Å². The van der Waals surface area contributed by atoms with Crippen molar-refractivity contribution in [2.45, 2.75) is 25.2 Å². The molecule has 2 heterocycles. The van der Waals surface area contributed by atoms with Gasteiger partial charge in [0.25, 0.3) is 0 Å². The normalized spacial score (nSPS) is 23.4. The third kappa shape index (κ3) is 2.43. The summed E-state index contributed by atoms with van der Waals surface area (Å²) in [6.07, 6.45) is 2.88. The number of nitrogens with one attached hydrogen (secondary N) is 2. The molecule has 1 aliphatic heterocycles. The number of hydrazine groups is 1. The van der Waals surface area contributed by atoms with Crippen LogP contribution in [0.1, 0.15) is 23.7 Å². The molecule has 1 aromatic carbocycles. The molecule has 5 nitrogen and oxygen atoms in total. The van der Waals surface area contributed by atoms with Crippen molar-refractivity contribution in [1.82, 2.24) is 20.6 Å². The van der Waals surface area contributed by atoms with Gasteiger partial charge in [-0.1, -0.05) is 30.3 Å². The van der Waals surface area contributed by atoms with E-state index in [2.05, 4.69) is 28.1 Å². The number of nitrogens with two attached hydrogens (primary N) is 1. The zero-order valence-corrected chi connectivity index (χ0v) is 10.1. The molecule has 1 aromatic heterocycles. The maximum atomic E-state index is 5.78. The van der Waals surface area contributed by atoms with Crippen LogP contribution in [0, 0.1) is 0 Å². The van der Waals surface area contributed by atoms with Gasteiger partial charge in [-0.3, -0.25) is 4.68 Å². The van der Waals surface area contributed by atoms with Crippen LogP contribution in [0.3, 0.4) is 0 Å². The minimum atomic E-state index is 0.00859. The fourth-order valence-electron chi connectivity index (χ4n) is 2.20. The molecule has 0 saturated carbocycles. The summed E-state index contributed by atoms with van der Waals surface area (Å²) in [6, 6.07) is 12.6. The maximum Gasteiger partial charge on any atom is 0.0808 e. The zero-order chi connectivity index (χ0) is 12.4. The van der Waals surface area contributed by atoms with Crippen molar-refractivity contribution in [1.29, 1.82) is 0 Å². The Hall–Kier alpha value is -1.69. The summed E-state index contributed by atoms with van der Waals surface area (Å²) in [7, 11) is 0. The smallest absolute Gasteiger partial charge is 0.0808 e. The second-order valence-electron chi connectivity index (χ2n) is 4.61. The zero-order valence-electron chi connectivity index (χ0n) is 10.1. The molecule has 2 atom stereocenters. The highest BCUT2D eigenvalue weighted by Crippen LogP contribution is 2.18. The summed E-state index contributed by atoms with van der Waals surface area (Å²) >= 11 is 0. The predicted molar refractivity (Wildman–Crippen MR) is 69.4 cm³/mol. The van der Waals surface area contributed by atoms with Gasteiger partial charge < -0.3 is 5.73 Å². The lowest BCUT2D eigenvalue weighted by molar-refractivity contribution is 0.539. The highest BCUT2D eigenvalue weighted by molar-refractivity contribution is 5.15. The minimum Gasteiger partial charge on any atom is -0.315 e. The Balaban J connectivity index is 1.70. The van der Waals surface area contributed by atoms with Crippen molar-refractivity contribution in [2.75, 3.05) is 0 Å². The number of aromatic nitrogens is 2. The lowest BCUT2D eigenvalue weighted by atomic mass is 10.1. The first-order valence-electron chi connectivity index (χ1n) is 6.15. The van der Waals surface area contributed by atoms with E-state index in [0.29, 0.717) is 0 Å². The van der Waals surface area contributed by atoms with E-state index in [1.807, 2.05) is 35.1 Å². The summed E-state index contributed by atoms with van der Waals surface area (Å²) < 4.78 is 1.95. The average molecular weight is 243 g/mol. The summed E-state index contributed by atoms with van der Waals surface area (Å²) in [6.45, 7) is 0.799. The fraction of sp³-hybridized carbons (Fsp3) is 0.308.